The Morgan fingerprint density at radius 2 is 0.868 bits per heavy atom. The largest absolute Gasteiger partial charge is 0.309 e. The zero-order chi connectivity index (χ0) is 24.8. The van der Waals surface area contributed by atoms with E-state index in [0.29, 0.717) is 0 Å². The molecule has 176 valence electrons. The molecule has 38 heavy (non-hydrogen) atoms. The molecular formula is C36H22N2. The Morgan fingerprint density at radius 1 is 0.342 bits per heavy atom. The van der Waals surface area contributed by atoms with Crippen LogP contribution in [-0.2, 0) is 0 Å². The maximum Gasteiger partial charge on any atom is 0.0622 e. The number of aromatic nitrogens is 2. The Morgan fingerprint density at radius 3 is 1.53 bits per heavy atom. The van der Waals surface area contributed by atoms with Crippen molar-refractivity contribution >= 4 is 59.9 Å². The lowest BCUT2D eigenvalue weighted by Gasteiger charge is -2.10. The zero-order valence-corrected chi connectivity index (χ0v) is 20.6. The fraction of sp³-hybridized carbons (Fsp3) is 0. The van der Waals surface area contributed by atoms with E-state index >= 15 is 0 Å². The quantitative estimate of drug-likeness (QED) is 0.232. The number of hydrogen-bond donors (Lipinski definition) is 0. The lowest BCUT2D eigenvalue weighted by Crippen LogP contribution is -1.94. The molecule has 3 aromatic heterocycles. The van der Waals surface area contributed by atoms with Gasteiger partial charge in [-0.15, -0.1) is 0 Å². The number of fused-ring (bicyclic) bond motifs is 9. The van der Waals surface area contributed by atoms with E-state index in [9.17, 15) is 0 Å². The van der Waals surface area contributed by atoms with Gasteiger partial charge in [0.05, 0.1) is 27.6 Å². The third-order valence-electron chi connectivity index (χ3n) is 8.23. The molecule has 0 aliphatic heterocycles. The van der Waals surface area contributed by atoms with Crippen molar-refractivity contribution < 1.29 is 0 Å². The molecule has 9 aromatic rings. The van der Waals surface area contributed by atoms with Gasteiger partial charge in [-0.3, -0.25) is 0 Å². The van der Waals surface area contributed by atoms with Crippen LogP contribution in [0.15, 0.2) is 133 Å². The Kier molecular flexibility index (Phi) is 3.82. The summed E-state index contributed by atoms with van der Waals surface area (Å²) in [5.74, 6) is 0. The summed E-state index contributed by atoms with van der Waals surface area (Å²) < 4.78 is 4.89. The summed E-state index contributed by atoms with van der Waals surface area (Å²) in [7, 11) is 0. The fourth-order valence-corrected chi connectivity index (χ4v) is 6.62. The van der Waals surface area contributed by atoms with Crippen LogP contribution in [0.4, 0.5) is 0 Å². The molecule has 2 nitrogen and oxygen atoms in total. The molecule has 2 heteroatoms. The highest BCUT2D eigenvalue weighted by Gasteiger charge is 2.20. The standard InChI is InChI=1S/C36H22N2/c1-2-10-23(11-3-1)24-18-19-35-29(20-24)26-12-4-7-15-32(26)37(35)25-21-30-27-13-5-8-16-33(27)38-34-17-9-6-14-28(34)31(22-25)36(30)38/h1-22H. The van der Waals surface area contributed by atoms with E-state index in [1.807, 2.05) is 0 Å². The van der Waals surface area contributed by atoms with Crippen LogP contribution < -0.4 is 0 Å². The van der Waals surface area contributed by atoms with Crippen molar-refractivity contribution in [2.45, 2.75) is 0 Å². The molecule has 0 aliphatic carbocycles. The SMILES string of the molecule is c1ccc(-c2ccc3c(c2)c2ccccc2n3-c2cc3c4ccccc4n4c5ccccc5c(c2)c34)cc1. The number of benzene rings is 6. The van der Waals surface area contributed by atoms with E-state index in [0.717, 1.165) is 0 Å². The molecule has 3 heterocycles. The van der Waals surface area contributed by atoms with Crippen LogP contribution >= 0.6 is 0 Å². The van der Waals surface area contributed by atoms with Gasteiger partial charge < -0.3 is 8.97 Å². The highest BCUT2D eigenvalue weighted by molar-refractivity contribution is 6.24. The van der Waals surface area contributed by atoms with Crippen molar-refractivity contribution in [3.63, 3.8) is 0 Å². The lowest BCUT2D eigenvalue weighted by atomic mass is 10.0. The Labute approximate surface area is 218 Å². The first kappa shape index (κ1) is 20.0. The van der Waals surface area contributed by atoms with Gasteiger partial charge in [-0.25, -0.2) is 0 Å². The van der Waals surface area contributed by atoms with Gasteiger partial charge in [0.15, 0.2) is 0 Å². The average Bonchev–Trinajstić information content (AvgIpc) is 3.62. The van der Waals surface area contributed by atoms with E-state index in [4.69, 9.17) is 0 Å². The predicted octanol–water partition coefficient (Wildman–Crippen LogP) is 9.60. The highest BCUT2D eigenvalue weighted by atomic mass is 15.0. The lowest BCUT2D eigenvalue weighted by molar-refractivity contribution is 1.19. The van der Waals surface area contributed by atoms with Crippen molar-refractivity contribution in [1.29, 1.82) is 0 Å². The van der Waals surface area contributed by atoms with Gasteiger partial charge in [-0.2, -0.15) is 0 Å². The van der Waals surface area contributed by atoms with Crippen LogP contribution in [0.25, 0.3) is 76.7 Å². The first-order chi connectivity index (χ1) is 18.9. The Balaban J connectivity index is 1.43. The maximum absolute atomic E-state index is 2.45. The zero-order valence-electron chi connectivity index (χ0n) is 20.6. The van der Waals surface area contributed by atoms with Gasteiger partial charge in [-0.05, 0) is 53.6 Å². The summed E-state index contributed by atoms with van der Waals surface area (Å²) in [4.78, 5) is 0. The van der Waals surface area contributed by atoms with Crippen LogP contribution in [0.1, 0.15) is 0 Å². The second-order valence-electron chi connectivity index (χ2n) is 10.2. The van der Waals surface area contributed by atoms with Crippen LogP contribution in [0.5, 0.6) is 0 Å². The third-order valence-corrected chi connectivity index (χ3v) is 8.23. The van der Waals surface area contributed by atoms with Gasteiger partial charge in [0.25, 0.3) is 0 Å². The molecule has 0 fully saturated rings. The normalized spacial score (nSPS) is 12.2. The van der Waals surface area contributed by atoms with Crippen LogP contribution in [-0.4, -0.2) is 8.97 Å². The van der Waals surface area contributed by atoms with E-state index in [-0.39, 0.29) is 0 Å². The minimum Gasteiger partial charge on any atom is -0.309 e. The van der Waals surface area contributed by atoms with Crippen molar-refractivity contribution in [2.75, 3.05) is 0 Å². The second-order valence-corrected chi connectivity index (χ2v) is 10.2. The van der Waals surface area contributed by atoms with Crippen molar-refractivity contribution in [3.05, 3.63) is 133 Å². The molecule has 0 N–H and O–H groups in total. The van der Waals surface area contributed by atoms with Crippen LogP contribution in [0, 0.1) is 0 Å². The summed E-state index contributed by atoms with van der Waals surface area (Å²) in [5, 5.41) is 7.76. The van der Waals surface area contributed by atoms with Gasteiger partial charge >= 0.3 is 0 Å². The number of para-hydroxylation sites is 3. The molecule has 0 spiro atoms. The summed E-state index contributed by atoms with van der Waals surface area (Å²) in [5.41, 5.74) is 9.98. The summed E-state index contributed by atoms with van der Waals surface area (Å²) in [6.45, 7) is 0. The molecule has 0 bridgehead atoms. The first-order valence-electron chi connectivity index (χ1n) is 13.1. The second kappa shape index (κ2) is 7.24. The molecule has 9 rings (SSSR count). The third kappa shape index (κ3) is 2.51. The van der Waals surface area contributed by atoms with E-state index in [1.54, 1.807) is 0 Å². The van der Waals surface area contributed by atoms with Crippen molar-refractivity contribution in [3.8, 4) is 16.8 Å². The van der Waals surface area contributed by atoms with E-state index in [2.05, 4.69) is 142 Å². The van der Waals surface area contributed by atoms with Gasteiger partial charge in [0.1, 0.15) is 0 Å². The molecule has 0 atom stereocenters. The Bertz CT molecular complexity index is 2250. The Hall–Kier alpha value is -5.08. The van der Waals surface area contributed by atoms with Crippen LogP contribution in [0.3, 0.4) is 0 Å². The average molecular weight is 483 g/mol. The summed E-state index contributed by atoms with van der Waals surface area (Å²) in [6.07, 6.45) is 0. The van der Waals surface area contributed by atoms with Gasteiger partial charge in [-0.1, -0.05) is 91.0 Å². The van der Waals surface area contributed by atoms with E-state index < -0.39 is 0 Å². The molecule has 6 aromatic carbocycles. The molecule has 0 aliphatic rings. The highest BCUT2D eigenvalue weighted by Crippen LogP contribution is 2.42. The minimum atomic E-state index is 1.20. The van der Waals surface area contributed by atoms with Gasteiger partial charge in [0.2, 0.25) is 0 Å². The van der Waals surface area contributed by atoms with Crippen molar-refractivity contribution in [2.24, 2.45) is 0 Å². The minimum absolute atomic E-state index is 1.20. The molecule has 0 saturated carbocycles. The predicted molar refractivity (Wildman–Crippen MR) is 161 cm³/mol. The number of nitrogens with zero attached hydrogens (tertiary/aromatic N) is 2. The fourth-order valence-electron chi connectivity index (χ4n) is 6.62. The molecule has 0 saturated heterocycles. The molecule has 0 amide bonds. The monoisotopic (exact) mass is 482 g/mol. The maximum atomic E-state index is 2.45. The molecule has 0 radical (unpaired) electrons. The van der Waals surface area contributed by atoms with E-state index in [1.165, 1.54) is 76.7 Å². The number of hydrogen-bond acceptors (Lipinski definition) is 0. The smallest absolute Gasteiger partial charge is 0.0622 e. The molecular weight excluding hydrogens is 460 g/mol. The van der Waals surface area contributed by atoms with Crippen LogP contribution in [0.2, 0.25) is 0 Å². The summed E-state index contributed by atoms with van der Waals surface area (Å²) in [6, 6.07) is 48.7. The topological polar surface area (TPSA) is 9.34 Å². The number of rotatable bonds is 2. The van der Waals surface area contributed by atoms with Crippen molar-refractivity contribution in [1.82, 2.24) is 8.97 Å². The van der Waals surface area contributed by atoms with Gasteiger partial charge in [0, 0.05) is 38.0 Å². The summed E-state index contributed by atoms with van der Waals surface area (Å²) >= 11 is 0. The first-order valence-corrected chi connectivity index (χ1v) is 13.1. The molecule has 0 unspecified atom stereocenters.